The van der Waals surface area contributed by atoms with Crippen molar-refractivity contribution in [2.75, 3.05) is 13.2 Å². The van der Waals surface area contributed by atoms with E-state index in [1.54, 1.807) is 49.6 Å². The van der Waals surface area contributed by atoms with Crippen LogP contribution in [0.3, 0.4) is 0 Å². The molecule has 2 aromatic carbocycles. The summed E-state index contributed by atoms with van der Waals surface area (Å²) < 4.78 is 20.4. The zero-order valence-corrected chi connectivity index (χ0v) is 20.9. The quantitative estimate of drug-likeness (QED) is 0.310. The first-order valence-corrected chi connectivity index (χ1v) is 11.7. The Balaban J connectivity index is 1.98. The van der Waals surface area contributed by atoms with E-state index in [0.29, 0.717) is 40.2 Å². The molecule has 0 spiro atoms. The number of hydrogen-bond acceptors (Lipinski definition) is 4. The van der Waals surface area contributed by atoms with Crippen LogP contribution >= 0.6 is 0 Å². The highest BCUT2D eigenvalue weighted by Crippen LogP contribution is 2.25. The van der Waals surface area contributed by atoms with Crippen LogP contribution in [0, 0.1) is 26.6 Å². The van der Waals surface area contributed by atoms with Crippen molar-refractivity contribution in [1.29, 1.82) is 0 Å². The van der Waals surface area contributed by atoms with E-state index < -0.39 is 5.97 Å². The number of carbonyl (C=O) groups is 3. The maximum absolute atomic E-state index is 13.6. The van der Waals surface area contributed by atoms with Crippen LogP contribution in [0.2, 0.25) is 0 Å². The molecule has 0 bridgehead atoms. The lowest BCUT2D eigenvalue weighted by molar-refractivity contribution is 0.0512. The summed E-state index contributed by atoms with van der Waals surface area (Å²) in [6, 6.07) is 13.0. The Morgan fingerprint density at radius 2 is 1.57 bits per heavy atom. The fraction of sp³-hybridized carbons (Fsp3) is 0.321. The van der Waals surface area contributed by atoms with E-state index in [9.17, 15) is 18.8 Å². The average molecular weight is 479 g/mol. The van der Waals surface area contributed by atoms with Gasteiger partial charge in [-0.05, 0) is 70.0 Å². The van der Waals surface area contributed by atoms with Gasteiger partial charge in [0.1, 0.15) is 11.5 Å². The number of aryl methyl sites for hydroxylation is 1. The van der Waals surface area contributed by atoms with Gasteiger partial charge in [-0.2, -0.15) is 0 Å². The predicted octanol–water partition coefficient (Wildman–Crippen LogP) is 5.27. The molecule has 0 atom stereocenters. The average Bonchev–Trinajstić information content (AvgIpc) is 3.09. The van der Waals surface area contributed by atoms with Crippen molar-refractivity contribution in [2.24, 2.45) is 0 Å². The number of hydrogen-bond donors (Lipinski definition) is 0. The Bertz CT molecular complexity index is 1230. The molecular formula is C28H31FN2O4. The second kappa shape index (κ2) is 11.1. The van der Waals surface area contributed by atoms with Crippen LogP contribution in [0.1, 0.15) is 67.4 Å². The Kier molecular flexibility index (Phi) is 8.22. The Hall–Kier alpha value is -3.74. The van der Waals surface area contributed by atoms with Gasteiger partial charge >= 0.3 is 5.97 Å². The highest BCUT2D eigenvalue weighted by atomic mass is 19.1. The Morgan fingerprint density at radius 3 is 2.14 bits per heavy atom. The van der Waals surface area contributed by atoms with Crippen molar-refractivity contribution in [1.82, 2.24) is 9.47 Å². The molecule has 0 aliphatic heterocycles. The molecule has 0 radical (unpaired) electrons. The van der Waals surface area contributed by atoms with Crippen molar-refractivity contribution in [3.63, 3.8) is 0 Å². The summed E-state index contributed by atoms with van der Waals surface area (Å²) >= 11 is 0. The number of benzene rings is 2. The summed E-state index contributed by atoms with van der Waals surface area (Å²) in [7, 11) is 0. The summed E-state index contributed by atoms with van der Waals surface area (Å²) in [4.78, 5) is 41.0. The first-order chi connectivity index (χ1) is 16.7. The van der Waals surface area contributed by atoms with Gasteiger partial charge in [0.05, 0.1) is 13.2 Å². The molecule has 0 unspecified atom stereocenters. The normalized spacial score (nSPS) is 10.8. The minimum absolute atomic E-state index is 0.135. The van der Waals surface area contributed by atoms with Gasteiger partial charge in [-0.25, -0.2) is 9.18 Å². The molecule has 0 saturated heterocycles. The number of ether oxygens (including phenoxy) is 1. The molecule has 0 aliphatic carbocycles. The molecule has 0 N–H and O–H groups in total. The molecule has 1 heterocycles. The maximum atomic E-state index is 13.6. The van der Waals surface area contributed by atoms with E-state index >= 15 is 0 Å². The first kappa shape index (κ1) is 25.9. The van der Waals surface area contributed by atoms with Gasteiger partial charge in [0.2, 0.25) is 0 Å². The molecular weight excluding hydrogens is 447 g/mol. The molecule has 0 fully saturated rings. The predicted molar refractivity (Wildman–Crippen MR) is 132 cm³/mol. The van der Waals surface area contributed by atoms with Gasteiger partial charge < -0.3 is 14.2 Å². The van der Waals surface area contributed by atoms with Crippen molar-refractivity contribution < 1.29 is 23.5 Å². The van der Waals surface area contributed by atoms with Crippen LogP contribution in [0.4, 0.5) is 4.39 Å². The number of carbonyl (C=O) groups excluding carboxylic acids is 3. The maximum Gasteiger partial charge on any atom is 0.355 e. The minimum Gasteiger partial charge on any atom is -0.461 e. The number of ketones is 1. The number of nitrogens with zero attached hydrogens (tertiary/aromatic N) is 2. The van der Waals surface area contributed by atoms with E-state index in [4.69, 9.17) is 4.74 Å². The standard InChI is InChI=1S/C28H31FN2O4/c1-6-31-20(5)25(19(4)26(31)28(34)35-7-2)24(32)17-30(16-21-10-14-23(29)15-11-21)27(33)22-12-8-18(3)9-13-22/h8-15H,6-7,16-17H2,1-5H3. The van der Waals surface area contributed by atoms with Gasteiger partial charge in [-0.1, -0.05) is 29.8 Å². The molecule has 6 nitrogen and oxygen atoms in total. The topological polar surface area (TPSA) is 68.6 Å². The SMILES string of the molecule is CCOC(=O)c1c(C)c(C(=O)CN(Cc2ccc(F)cc2)C(=O)c2ccc(C)cc2)c(C)n1CC. The fourth-order valence-corrected chi connectivity index (χ4v) is 4.30. The molecule has 7 heteroatoms. The van der Waals surface area contributed by atoms with Gasteiger partial charge in [0, 0.05) is 29.9 Å². The third kappa shape index (κ3) is 5.67. The Morgan fingerprint density at radius 1 is 0.943 bits per heavy atom. The number of rotatable bonds is 9. The third-order valence-electron chi connectivity index (χ3n) is 6.04. The van der Waals surface area contributed by atoms with Crippen molar-refractivity contribution in [3.8, 4) is 0 Å². The largest absolute Gasteiger partial charge is 0.461 e. The van der Waals surface area contributed by atoms with E-state index in [-0.39, 0.29) is 37.2 Å². The second-order valence-electron chi connectivity index (χ2n) is 8.48. The number of aromatic nitrogens is 1. The van der Waals surface area contributed by atoms with Crippen molar-refractivity contribution >= 4 is 17.7 Å². The van der Waals surface area contributed by atoms with Crippen molar-refractivity contribution in [2.45, 2.75) is 47.7 Å². The highest BCUT2D eigenvalue weighted by molar-refractivity contribution is 6.06. The lowest BCUT2D eigenvalue weighted by atomic mass is 10.0. The van der Waals surface area contributed by atoms with Gasteiger partial charge in [-0.15, -0.1) is 0 Å². The third-order valence-corrected chi connectivity index (χ3v) is 6.04. The lowest BCUT2D eigenvalue weighted by Gasteiger charge is -2.23. The zero-order chi connectivity index (χ0) is 25.7. The summed E-state index contributed by atoms with van der Waals surface area (Å²) in [6.07, 6.45) is 0. The first-order valence-electron chi connectivity index (χ1n) is 11.7. The highest BCUT2D eigenvalue weighted by Gasteiger charge is 2.28. The molecule has 1 aromatic heterocycles. The zero-order valence-electron chi connectivity index (χ0n) is 20.9. The smallest absolute Gasteiger partial charge is 0.355 e. The molecule has 35 heavy (non-hydrogen) atoms. The van der Waals surface area contributed by atoms with Crippen LogP contribution in [0.25, 0.3) is 0 Å². The minimum atomic E-state index is -0.479. The number of halogens is 1. The molecule has 0 aliphatic rings. The van der Waals surface area contributed by atoms with E-state index in [1.807, 2.05) is 26.0 Å². The Labute approximate surface area is 205 Å². The van der Waals surface area contributed by atoms with Crippen LogP contribution in [0.5, 0.6) is 0 Å². The van der Waals surface area contributed by atoms with Gasteiger partial charge in [-0.3, -0.25) is 9.59 Å². The summed E-state index contributed by atoms with van der Waals surface area (Å²) in [6.45, 7) is 9.74. The van der Waals surface area contributed by atoms with Gasteiger partial charge in [0.15, 0.2) is 5.78 Å². The van der Waals surface area contributed by atoms with E-state index in [0.717, 1.165) is 5.56 Å². The number of amides is 1. The molecule has 0 saturated carbocycles. The number of Topliss-reactive ketones (excluding diaryl/α,β-unsaturated/α-hetero) is 1. The molecule has 184 valence electrons. The summed E-state index contributed by atoms with van der Waals surface area (Å²) in [5, 5.41) is 0. The van der Waals surface area contributed by atoms with Crippen molar-refractivity contribution in [3.05, 3.63) is 93.6 Å². The van der Waals surface area contributed by atoms with Crippen LogP contribution in [-0.4, -0.2) is 40.3 Å². The second-order valence-corrected chi connectivity index (χ2v) is 8.48. The van der Waals surface area contributed by atoms with E-state index in [2.05, 4.69) is 0 Å². The van der Waals surface area contributed by atoms with Gasteiger partial charge in [0.25, 0.3) is 5.91 Å². The summed E-state index contributed by atoms with van der Waals surface area (Å²) in [5.74, 6) is -1.44. The van der Waals surface area contributed by atoms with Crippen LogP contribution in [0.15, 0.2) is 48.5 Å². The monoisotopic (exact) mass is 478 g/mol. The molecule has 1 amide bonds. The number of esters is 1. The molecule has 3 rings (SSSR count). The lowest BCUT2D eigenvalue weighted by Crippen LogP contribution is -2.35. The fourth-order valence-electron chi connectivity index (χ4n) is 4.30. The van der Waals surface area contributed by atoms with E-state index in [1.165, 1.54) is 17.0 Å². The van der Waals surface area contributed by atoms with Crippen LogP contribution < -0.4 is 0 Å². The van der Waals surface area contributed by atoms with Crippen LogP contribution in [-0.2, 0) is 17.8 Å². The summed E-state index contributed by atoms with van der Waals surface area (Å²) in [5.41, 5.74) is 4.13. The molecule has 3 aromatic rings.